The first kappa shape index (κ1) is 13.1. The number of nitrogens with zero attached hydrogens (tertiary/aromatic N) is 1. The molecular weight excluding hydrogens is 312 g/mol. The first-order chi connectivity index (χ1) is 8.69. The smallest absolute Gasteiger partial charge is 0.0702 e. The molecule has 4 unspecified atom stereocenters. The Hall–Kier alpha value is 0.0600. The van der Waals surface area contributed by atoms with E-state index in [2.05, 4.69) is 33.0 Å². The highest BCUT2D eigenvalue weighted by molar-refractivity contribution is 9.11. The summed E-state index contributed by atoms with van der Waals surface area (Å²) in [5, 5.41) is 9.98. The van der Waals surface area contributed by atoms with Crippen LogP contribution in [-0.4, -0.2) is 35.7 Å². The molecule has 3 rings (SSSR count). The lowest BCUT2D eigenvalue weighted by Crippen LogP contribution is -2.33. The first-order valence-corrected chi connectivity index (χ1v) is 8.17. The molecule has 1 aromatic rings. The number of aliphatic hydroxyl groups excluding tert-OH is 1. The molecule has 1 aliphatic carbocycles. The highest BCUT2D eigenvalue weighted by Gasteiger charge is 2.43. The normalized spacial score (nSPS) is 33.8. The summed E-state index contributed by atoms with van der Waals surface area (Å²) < 4.78 is 1.16. The zero-order valence-electron chi connectivity index (χ0n) is 10.3. The van der Waals surface area contributed by atoms with Gasteiger partial charge >= 0.3 is 0 Å². The summed E-state index contributed by atoms with van der Waals surface area (Å²) in [6.45, 7) is 2.75. The molecule has 2 heterocycles. The summed E-state index contributed by atoms with van der Waals surface area (Å²) in [6, 6.07) is 4.57. The average molecular weight is 331 g/mol. The van der Waals surface area contributed by atoms with Gasteiger partial charge in [-0.1, -0.05) is 0 Å². The van der Waals surface area contributed by atoms with Crippen LogP contribution < -0.4 is 5.73 Å². The van der Waals surface area contributed by atoms with E-state index in [4.69, 9.17) is 5.73 Å². The van der Waals surface area contributed by atoms with Gasteiger partial charge in [-0.15, -0.1) is 11.3 Å². The predicted octanol–water partition coefficient (Wildman–Crippen LogP) is 2.21. The van der Waals surface area contributed by atoms with Crippen LogP contribution in [0.25, 0.3) is 0 Å². The molecule has 1 saturated heterocycles. The summed E-state index contributed by atoms with van der Waals surface area (Å²) in [5.74, 6) is 1.15. The number of fused-ring (bicyclic) bond motifs is 1. The van der Waals surface area contributed by atoms with Gasteiger partial charge in [0.25, 0.3) is 0 Å². The molecule has 1 aromatic heterocycles. The summed E-state index contributed by atoms with van der Waals surface area (Å²) >= 11 is 5.28. The van der Waals surface area contributed by atoms with Gasteiger partial charge in [0.1, 0.15) is 0 Å². The van der Waals surface area contributed by atoms with Crippen molar-refractivity contribution in [2.24, 2.45) is 17.6 Å². The number of likely N-dealkylation sites (tertiary alicyclic amines) is 1. The second kappa shape index (κ2) is 5.21. The first-order valence-electron chi connectivity index (χ1n) is 6.56. The average Bonchev–Trinajstić information content (AvgIpc) is 3.01. The van der Waals surface area contributed by atoms with Crippen LogP contribution in [0, 0.1) is 11.8 Å². The van der Waals surface area contributed by atoms with Crippen molar-refractivity contribution >= 4 is 27.3 Å². The van der Waals surface area contributed by atoms with Gasteiger partial charge in [0, 0.05) is 30.4 Å². The largest absolute Gasteiger partial charge is 0.393 e. The number of aliphatic hydroxyl groups is 1. The third-order valence-corrected chi connectivity index (χ3v) is 6.16. The molecule has 0 bridgehead atoms. The maximum absolute atomic E-state index is 9.98. The second-order valence-electron chi connectivity index (χ2n) is 5.42. The molecule has 3 N–H and O–H groups in total. The van der Waals surface area contributed by atoms with E-state index in [1.807, 2.05) is 0 Å². The fourth-order valence-electron chi connectivity index (χ4n) is 3.48. The number of rotatable bonds is 3. The highest BCUT2D eigenvalue weighted by Crippen LogP contribution is 2.42. The molecular formula is C13H19BrN2OS. The molecule has 1 aliphatic heterocycles. The van der Waals surface area contributed by atoms with Crippen molar-refractivity contribution < 1.29 is 5.11 Å². The summed E-state index contributed by atoms with van der Waals surface area (Å²) in [7, 11) is 0. The van der Waals surface area contributed by atoms with Crippen LogP contribution in [0.15, 0.2) is 15.9 Å². The summed E-state index contributed by atoms with van der Waals surface area (Å²) in [4.78, 5) is 3.80. The van der Waals surface area contributed by atoms with E-state index in [0.717, 1.165) is 23.3 Å². The minimum Gasteiger partial charge on any atom is -0.393 e. The quantitative estimate of drug-likeness (QED) is 0.893. The van der Waals surface area contributed by atoms with Crippen LogP contribution in [0.3, 0.4) is 0 Å². The van der Waals surface area contributed by atoms with Crippen LogP contribution >= 0.6 is 27.3 Å². The Balaban J connectivity index is 1.74. The topological polar surface area (TPSA) is 49.5 Å². The molecule has 2 fully saturated rings. The molecule has 3 nitrogen and oxygen atoms in total. The van der Waals surface area contributed by atoms with Gasteiger partial charge in [-0.3, -0.25) is 4.90 Å². The van der Waals surface area contributed by atoms with Crippen molar-refractivity contribution in [3.8, 4) is 0 Å². The number of hydrogen-bond donors (Lipinski definition) is 2. The minimum absolute atomic E-state index is 0.0894. The van der Waals surface area contributed by atoms with Gasteiger partial charge in [0.05, 0.1) is 15.9 Å². The van der Waals surface area contributed by atoms with Gasteiger partial charge in [0.2, 0.25) is 0 Å². The number of thiophene rings is 1. The third kappa shape index (κ3) is 2.27. The van der Waals surface area contributed by atoms with Crippen molar-refractivity contribution in [3.05, 3.63) is 20.8 Å². The van der Waals surface area contributed by atoms with Gasteiger partial charge in [-0.2, -0.15) is 0 Å². The van der Waals surface area contributed by atoms with E-state index in [9.17, 15) is 5.11 Å². The Morgan fingerprint density at radius 1 is 1.44 bits per heavy atom. The molecule has 100 valence electrons. The van der Waals surface area contributed by atoms with E-state index in [1.54, 1.807) is 11.3 Å². The van der Waals surface area contributed by atoms with Gasteiger partial charge in [-0.25, -0.2) is 0 Å². The van der Waals surface area contributed by atoms with Crippen molar-refractivity contribution in [2.45, 2.75) is 25.0 Å². The molecule has 4 atom stereocenters. The molecule has 0 radical (unpaired) electrons. The maximum atomic E-state index is 9.98. The lowest BCUT2D eigenvalue weighted by Gasteiger charge is -2.26. The highest BCUT2D eigenvalue weighted by atomic mass is 79.9. The van der Waals surface area contributed by atoms with Crippen molar-refractivity contribution in [3.63, 3.8) is 0 Å². The van der Waals surface area contributed by atoms with Gasteiger partial charge < -0.3 is 10.8 Å². The monoisotopic (exact) mass is 330 g/mol. The number of nitrogens with two attached hydrogens (primary N) is 1. The summed E-state index contributed by atoms with van der Waals surface area (Å²) in [6.07, 6.45) is 2.07. The molecule has 1 saturated carbocycles. The second-order valence-corrected chi connectivity index (χ2v) is 7.91. The lowest BCUT2D eigenvalue weighted by molar-refractivity contribution is 0.118. The number of halogens is 1. The Labute approximate surface area is 120 Å². The number of hydrogen-bond acceptors (Lipinski definition) is 4. The molecule has 0 spiro atoms. The Morgan fingerprint density at radius 3 is 2.89 bits per heavy atom. The zero-order chi connectivity index (χ0) is 12.7. The molecule has 5 heteroatoms. The minimum atomic E-state index is -0.0894. The Kier molecular flexibility index (Phi) is 3.78. The lowest BCUT2D eigenvalue weighted by atomic mass is 10.00. The van der Waals surface area contributed by atoms with Gasteiger partial charge in [0.15, 0.2) is 0 Å². The van der Waals surface area contributed by atoms with Crippen molar-refractivity contribution in [1.29, 1.82) is 0 Å². The Bertz CT molecular complexity index is 425. The molecule has 0 aromatic carbocycles. The van der Waals surface area contributed by atoms with E-state index in [0.29, 0.717) is 24.4 Å². The van der Waals surface area contributed by atoms with Crippen molar-refractivity contribution in [2.75, 3.05) is 19.6 Å². The van der Waals surface area contributed by atoms with Crippen LogP contribution in [0.4, 0.5) is 0 Å². The zero-order valence-corrected chi connectivity index (χ0v) is 12.7. The van der Waals surface area contributed by atoms with Crippen LogP contribution in [0.2, 0.25) is 0 Å². The predicted molar refractivity (Wildman–Crippen MR) is 77.6 cm³/mol. The maximum Gasteiger partial charge on any atom is 0.0702 e. The fourth-order valence-corrected chi connectivity index (χ4v) is 5.05. The van der Waals surface area contributed by atoms with Crippen LogP contribution in [-0.2, 0) is 0 Å². The van der Waals surface area contributed by atoms with Crippen molar-refractivity contribution in [1.82, 2.24) is 4.90 Å². The molecule has 18 heavy (non-hydrogen) atoms. The van der Waals surface area contributed by atoms with E-state index in [-0.39, 0.29) is 6.10 Å². The Morgan fingerprint density at radius 2 is 2.28 bits per heavy atom. The van der Waals surface area contributed by atoms with E-state index in [1.165, 1.54) is 11.3 Å². The molecule has 2 aliphatic rings. The van der Waals surface area contributed by atoms with E-state index < -0.39 is 0 Å². The fraction of sp³-hybridized carbons (Fsp3) is 0.692. The standard InChI is InChI=1S/C13H19BrN2OS/c14-13-4-3-12(18-13)10(5-15)16-6-8-1-2-11(17)9(8)7-16/h3-4,8-11,17H,1-2,5-7,15H2. The molecule has 0 amide bonds. The van der Waals surface area contributed by atoms with Crippen LogP contribution in [0.5, 0.6) is 0 Å². The van der Waals surface area contributed by atoms with Crippen LogP contribution in [0.1, 0.15) is 23.8 Å². The summed E-state index contributed by atoms with van der Waals surface area (Å²) in [5.41, 5.74) is 5.97. The van der Waals surface area contributed by atoms with E-state index >= 15 is 0 Å². The SMILES string of the molecule is NCC(c1ccc(Br)s1)N1CC2CCC(O)C2C1. The third-order valence-electron chi connectivity index (χ3n) is 4.43. The van der Waals surface area contributed by atoms with Gasteiger partial charge in [-0.05, 0) is 46.8 Å².